The molecule has 0 spiro atoms. The van der Waals surface area contributed by atoms with Crippen LogP contribution in [0.15, 0.2) is 79.6 Å². The average Bonchev–Trinajstić information content (AvgIpc) is 2.61. The lowest BCUT2D eigenvalue weighted by Gasteiger charge is -2.09. The van der Waals surface area contributed by atoms with Gasteiger partial charge in [0.2, 0.25) is 0 Å². The smallest absolute Gasteiger partial charge is 0.119 e. The van der Waals surface area contributed by atoms with Gasteiger partial charge in [0.05, 0.1) is 0 Å². The monoisotopic (exact) mass is 287 g/mol. The molecule has 0 aliphatic heterocycles. The SMILES string of the molecule is C=Cc1cnccc1-c1ccc(OCc2ccccc2)cc1. The van der Waals surface area contributed by atoms with Crippen molar-refractivity contribution in [2.75, 3.05) is 0 Å². The van der Waals surface area contributed by atoms with Gasteiger partial charge in [-0.25, -0.2) is 0 Å². The van der Waals surface area contributed by atoms with Gasteiger partial charge in [0.1, 0.15) is 12.4 Å². The number of rotatable bonds is 5. The van der Waals surface area contributed by atoms with Crippen molar-refractivity contribution in [1.29, 1.82) is 0 Å². The zero-order chi connectivity index (χ0) is 15.2. The summed E-state index contributed by atoms with van der Waals surface area (Å²) in [7, 11) is 0. The van der Waals surface area contributed by atoms with E-state index in [1.54, 1.807) is 6.20 Å². The molecule has 0 amide bonds. The molecule has 0 aliphatic carbocycles. The molecular weight excluding hydrogens is 270 g/mol. The Kier molecular flexibility index (Phi) is 4.30. The van der Waals surface area contributed by atoms with E-state index in [9.17, 15) is 0 Å². The molecule has 0 unspecified atom stereocenters. The van der Waals surface area contributed by atoms with Crippen LogP contribution in [0.5, 0.6) is 5.75 Å². The van der Waals surface area contributed by atoms with Gasteiger partial charge < -0.3 is 4.74 Å². The molecule has 0 saturated heterocycles. The van der Waals surface area contributed by atoms with Gasteiger partial charge in [-0.05, 0) is 34.9 Å². The summed E-state index contributed by atoms with van der Waals surface area (Å²) in [6.07, 6.45) is 5.44. The zero-order valence-corrected chi connectivity index (χ0v) is 12.3. The van der Waals surface area contributed by atoms with Gasteiger partial charge in [0.25, 0.3) is 0 Å². The van der Waals surface area contributed by atoms with E-state index in [4.69, 9.17) is 4.74 Å². The standard InChI is InChI=1S/C20H17NO/c1-2-17-14-21-13-12-20(17)18-8-10-19(11-9-18)22-15-16-6-4-3-5-7-16/h2-14H,1,15H2. The molecule has 0 bridgehead atoms. The molecule has 0 aliphatic rings. The van der Waals surface area contributed by atoms with E-state index in [-0.39, 0.29) is 0 Å². The highest BCUT2D eigenvalue weighted by molar-refractivity contribution is 5.74. The maximum Gasteiger partial charge on any atom is 0.119 e. The zero-order valence-electron chi connectivity index (χ0n) is 12.3. The fourth-order valence-electron chi connectivity index (χ4n) is 2.30. The van der Waals surface area contributed by atoms with Gasteiger partial charge in [-0.3, -0.25) is 4.98 Å². The van der Waals surface area contributed by atoms with Gasteiger partial charge in [0, 0.05) is 18.0 Å². The van der Waals surface area contributed by atoms with Crippen LogP contribution in [0.25, 0.3) is 17.2 Å². The molecule has 0 fully saturated rings. The summed E-state index contributed by atoms with van der Waals surface area (Å²) in [5, 5.41) is 0. The largest absolute Gasteiger partial charge is 0.489 e. The maximum absolute atomic E-state index is 5.81. The first-order chi connectivity index (χ1) is 10.9. The molecule has 0 N–H and O–H groups in total. The molecule has 1 heterocycles. The fraction of sp³-hybridized carbons (Fsp3) is 0.0500. The van der Waals surface area contributed by atoms with Crippen LogP contribution in [-0.4, -0.2) is 4.98 Å². The summed E-state index contributed by atoms with van der Waals surface area (Å²) in [4.78, 5) is 4.13. The Morgan fingerprint density at radius 1 is 0.955 bits per heavy atom. The van der Waals surface area contributed by atoms with Crippen molar-refractivity contribution >= 4 is 6.08 Å². The topological polar surface area (TPSA) is 22.1 Å². The second-order valence-corrected chi connectivity index (χ2v) is 4.97. The highest BCUT2D eigenvalue weighted by Crippen LogP contribution is 2.26. The Bertz CT molecular complexity index is 748. The molecular formula is C20H17NO. The minimum atomic E-state index is 0.577. The minimum Gasteiger partial charge on any atom is -0.489 e. The van der Waals surface area contributed by atoms with Crippen LogP contribution in [0.1, 0.15) is 11.1 Å². The Morgan fingerprint density at radius 2 is 1.73 bits per heavy atom. The minimum absolute atomic E-state index is 0.577. The molecule has 22 heavy (non-hydrogen) atoms. The third-order valence-electron chi connectivity index (χ3n) is 3.49. The molecule has 3 rings (SSSR count). The summed E-state index contributed by atoms with van der Waals surface area (Å²) < 4.78 is 5.81. The number of hydrogen-bond donors (Lipinski definition) is 0. The van der Waals surface area contributed by atoms with Crippen molar-refractivity contribution in [3.05, 3.63) is 90.8 Å². The maximum atomic E-state index is 5.81. The van der Waals surface area contributed by atoms with Crippen molar-refractivity contribution in [2.24, 2.45) is 0 Å². The lowest BCUT2D eigenvalue weighted by molar-refractivity contribution is 0.306. The van der Waals surface area contributed by atoms with E-state index in [0.29, 0.717) is 6.61 Å². The second-order valence-electron chi connectivity index (χ2n) is 4.97. The first-order valence-electron chi connectivity index (χ1n) is 7.20. The Labute approximate surface area is 130 Å². The summed E-state index contributed by atoms with van der Waals surface area (Å²) in [6.45, 7) is 4.41. The van der Waals surface area contributed by atoms with Crippen LogP contribution in [-0.2, 0) is 6.61 Å². The molecule has 2 heteroatoms. The van der Waals surface area contributed by atoms with Gasteiger partial charge in [-0.1, -0.05) is 55.1 Å². The molecule has 0 radical (unpaired) electrons. The van der Waals surface area contributed by atoms with Crippen LogP contribution >= 0.6 is 0 Å². The first kappa shape index (κ1) is 14.1. The van der Waals surface area contributed by atoms with Crippen molar-refractivity contribution in [1.82, 2.24) is 4.98 Å². The summed E-state index contributed by atoms with van der Waals surface area (Å²) >= 11 is 0. The van der Waals surface area contributed by atoms with Crippen LogP contribution in [0.3, 0.4) is 0 Å². The van der Waals surface area contributed by atoms with Gasteiger partial charge >= 0.3 is 0 Å². The number of pyridine rings is 1. The quantitative estimate of drug-likeness (QED) is 0.661. The van der Waals surface area contributed by atoms with Crippen molar-refractivity contribution in [3.8, 4) is 16.9 Å². The number of aromatic nitrogens is 1. The highest BCUT2D eigenvalue weighted by atomic mass is 16.5. The van der Waals surface area contributed by atoms with E-state index in [0.717, 1.165) is 28.0 Å². The Morgan fingerprint density at radius 3 is 2.45 bits per heavy atom. The van der Waals surface area contributed by atoms with E-state index < -0.39 is 0 Å². The lowest BCUT2D eigenvalue weighted by atomic mass is 10.0. The molecule has 2 nitrogen and oxygen atoms in total. The summed E-state index contributed by atoms with van der Waals surface area (Å²) in [5.41, 5.74) is 4.44. The predicted molar refractivity (Wildman–Crippen MR) is 90.5 cm³/mol. The first-order valence-corrected chi connectivity index (χ1v) is 7.20. The molecule has 108 valence electrons. The van der Waals surface area contributed by atoms with E-state index in [1.807, 2.05) is 48.7 Å². The van der Waals surface area contributed by atoms with Crippen molar-refractivity contribution in [2.45, 2.75) is 6.61 Å². The normalized spacial score (nSPS) is 10.2. The predicted octanol–water partition coefficient (Wildman–Crippen LogP) is 4.97. The molecule has 0 atom stereocenters. The molecule has 1 aromatic heterocycles. The molecule has 0 saturated carbocycles. The highest BCUT2D eigenvalue weighted by Gasteiger charge is 2.03. The van der Waals surface area contributed by atoms with Gasteiger partial charge in [-0.2, -0.15) is 0 Å². The van der Waals surface area contributed by atoms with Crippen LogP contribution < -0.4 is 4.74 Å². The van der Waals surface area contributed by atoms with Gasteiger partial charge in [0.15, 0.2) is 0 Å². The molecule has 2 aromatic carbocycles. The average molecular weight is 287 g/mol. The van der Waals surface area contributed by atoms with Crippen molar-refractivity contribution in [3.63, 3.8) is 0 Å². The summed E-state index contributed by atoms with van der Waals surface area (Å²) in [5.74, 6) is 0.863. The van der Waals surface area contributed by atoms with Crippen LogP contribution in [0.2, 0.25) is 0 Å². The van der Waals surface area contributed by atoms with E-state index in [2.05, 4.69) is 35.8 Å². The number of benzene rings is 2. The third-order valence-corrected chi connectivity index (χ3v) is 3.49. The Balaban J connectivity index is 1.74. The number of ether oxygens (including phenoxy) is 1. The number of hydrogen-bond acceptors (Lipinski definition) is 2. The van der Waals surface area contributed by atoms with Crippen molar-refractivity contribution < 1.29 is 4.74 Å². The van der Waals surface area contributed by atoms with E-state index >= 15 is 0 Å². The van der Waals surface area contributed by atoms with Crippen LogP contribution in [0.4, 0.5) is 0 Å². The fourth-order valence-corrected chi connectivity index (χ4v) is 2.30. The van der Waals surface area contributed by atoms with Gasteiger partial charge in [-0.15, -0.1) is 0 Å². The third kappa shape index (κ3) is 3.23. The summed E-state index contributed by atoms with van der Waals surface area (Å²) in [6, 6.07) is 20.2. The molecule has 3 aromatic rings. The number of nitrogens with zero attached hydrogens (tertiary/aromatic N) is 1. The Hall–Kier alpha value is -2.87. The second kappa shape index (κ2) is 6.72. The van der Waals surface area contributed by atoms with E-state index in [1.165, 1.54) is 0 Å². The van der Waals surface area contributed by atoms with Crippen LogP contribution in [0, 0.1) is 0 Å². The lowest BCUT2D eigenvalue weighted by Crippen LogP contribution is -1.94.